The quantitative estimate of drug-likeness (QED) is 0.702. The van der Waals surface area contributed by atoms with E-state index < -0.39 is 0 Å². The zero-order valence-electron chi connectivity index (χ0n) is 14.6. The highest BCUT2D eigenvalue weighted by molar-refractivity contribution is 6.09. The van der Waals surface area contributed by atoms with E-state index in [-0.39, 0.29) is 12.1 Å². The van der Waals surface area contributed by atoms with Gasteiger partial charge >= 0.3 is 5.97 Å². The van der Waals surface area contributed by atoms with Crippen molar-refractivity contribution in [1.29, 1.82) is 0 Å². The molecule has 3 aromatic rings. The van der Waals surface area contributed by atoms with Crippen molar-refractivity contribution in [2.75, 3.05) is 6.61 Å². The molecule has 24 heavy (non-hydrogen) atoms. The van der Waals surface area contributed by atoms with Gasteiger partial charge in [-0.05, 0) is 44.0 Å². The fraction of sp³-hybridized carbons (Fsp3) is 0.350. The average molecular weight is 325 g/mol. The van der Waals surface area contributed by atoms with Crippen LogP contribution in [-0.2, 0) is 16.0 Å². The van der Waals surface area contributed by atoms with Crippen LogP contribution in [-0.4, -0.2) is 23.7 Å². The predicted molar refractivity (Wildman–Crippen MR) is 96.6 cm³/mol. The third-order valence-electron chi connectivity index (χ3n) is 4.30. The van der Waals surface area contributed by atoms with E-state index in [1.165, 1.54) is 12.3 Å². The van der Waals surface area contributed by atoms with Crippen molar-refractivity contribution < 1.29 is 14.3 Å². The fourth-order valence-corrected chi connectivity index (χ4v) is 3.30. The minimum atomic E-state index is -0.256. The number of hydrogen-bond donors (Lipinski definition) is 1. The van der Waals surface area contributed by atoms with Crippen LogP contribution in [0.3, 0.4) is 0 Å². The van der Waals surface area contributed by atoms with Gasteiger partial charge in [-0.15, -0.1) is 0 Å². The van der Waals surface area contributed by atoms with Crippen LogP contribution in [0.4, 0.5) is 0 Å². The van der Waals surface area contributed by atoms with E-state index >= 15 is 0 Å². The molecular weight excluding hydrogens is 302 g/mol. The van der Waals surface area contributed by atoms with Crippen molar-refractivity contribution in [3.05, 3.63) is 41.5 Å². The number of esters is 1. The van der Waals surface area contributed by atoms with Crippen molar-refractivity contribution in [3.8, 4) is 5.75 Å². The SMILES string of the molecule is CCOc1cc2c([nH]c3ccccc32)c(C[C@@H](C)OC(C)=O)c1C. The van der Waals surface area contributed by atoms with Crippen LogP contribution in [0.1, 0.15) is 31.9 Å². The Kier molecular flexibility index (Phi) is 4.47. The number of H-pyrrole nitrogens is 1. The number of carbonyl (C=O) groups excluding carboxylic acids is 1. The second-order valence-corrected chi connectivity index (χ2v) is 6.13. The van der Waals surface area contributed by atoms with Gasteiger partial charge in [-0.3, -0.25) is 4.79 Å². The number of carbonyl (C=O) groups is 1. The lowest BCUT2D eigenvalue weighted by Gasteiger charge is -2.17. The molecule has 1 aromatic heterocycles. The third-order valence-corrected chi connectivity index (χ3v) is 4.30. The van der Waals surface area contributed by atoms with E-state index in [0.29, 0.717) is 13.0 Å². The first-order chi connectivity index (χ1) is 11.5. The number of hydrogen-bond acceptors (Lipinski definition) is 3. The largest absolute Gasteiger partial charge is 0.494 e. The molecule has 0 aliphatic heterocycles. The summed E-state index contributed by atoms with van der Waals surface area (Å²) in [6.07, 6.45) is 0.461. The third kappa shape index (κ3) is 2.96. The number of para-hydroxylation sites is 1. The van der Waals surface area contributed by atoms with Gasteiger partial charge in [0, 0.05) is 29.6 Å². The molecule has 1 heterocycles. The Balaban J connectivity index is 2.20. The van der Waals surface area contributed by atoms with Gasteiger partial charge in [0.25, 0.3) is 0 Å². The molecule has 0 saturated heterocycles. The van der Waals surface area contributed by atoms with Gasteiger partial charge in [0.2, 0.25) is 0 Å². The monoisotopic (exact) mass is 325 g/mol. The minimum absolute atomic E-state index is 0.187. The first-order valence-corrected chi connectivity index (χ1v) is 8.34. The highest BCUT2D eigenvalue weighted by atomic mass is 16.5. The summed E-state index contributed by atoms with van der Waals surface area (Å²) in [6, 6.07) is 10.3. The zero-order valence-corrected chi connectivity index (χ0v) is 14.6. The smallest absolute Gasteiger partial charge is 0.302 e. The van der Waals surface area contributed by atoms with E-state index in [0.717, 1.165) is 33.3 Å². The first-order valence-electron chi connectivity index (χ1n) is 8.34. The Labute approximate surface area is 141 Å². The molecule has 0 radical (unpaired) electrons. The van der Waals surface area contributed by atoms with Crippen LogP contribution in [0, 0.1) is 6.92 Å². The molecule has 0 unspecified atom stereocenters. The number of nitrogens with one attached hydrogen (secondary N) is 1. The molecule has 3 rings (SSSR count). The predicted octanol–water partition coefficient (Wildman–Crippen LogP) is 4.52. The summed E-state index contributed by atoms with van der Waals surface area (Å²) < 4.78 is 11.2. The number of fused-ring (bicyclic) bond motifs is 3. The molecule has 1 N–H and O–H groups in total. The Morgan fingerprint density at radius 1 is 1.25 bits per heavy atom. The topological polar surface area (TPSA) is 51.3 Å². The molecule has 4 nitrogen and oxygen atoms in total. The summed E-state index contributed by atoms with van der Waals surface area (Å²) in [6.45, 7) is 8.03. The maximum absolute atomic E-state index is 11.2. The Bertz CT molecular complexity index is 895. The minimum Gasteiger partial charge on any atom is -0.494 e. The molecular formula is C20H23NO3. The van der Waals surface area contributed by atoms with Gasteiger partial charge in [0.15, 0.2) is 0 Å². The van der Waals surface area contributed by atoms with Crippen molar-refractivity contribution in [2.24, 2.45) is 0 Å². The summed E-state index contributed by atoms with van der Waals surface area (Å²) in [7, 11) is 0. The van der Waals surface area contributed by atoms with Crippen molar-refractivity contribution in [2.45, 2.75) is 40.2 Å². The lowest BCUT2D eigenvalue weighted by atomic mass is 9.98. The number of aromatic amines is 1. The van der Waals surface area contributed by atoms with Crippen LogP contribution in [0.5, 0.6) is 5.75 Å². The highest BCUT2D eigenvalue weighted by Gasteiger charge is 2.18. The zero-order chi connectivity index (χ0) is 17.3. The standard InChI is InChI=1S/C20H23NO3/c1-5-23-19-11-17-15-8-6-7-9-18(15)21-20(17)16(13(19)3)10-12(2)24-14(4)22/h6-9,11-12,21H,5,10H2,1-4H3/t12-/m1/s1. The van der Waals surface area contributed by atoms with Crippen LogP contribution >= 0.6 is 0 Å². The van der Waals surface area contributed by atoms with E-state index in [2.05, 4.69) is 30.1 Å². The summed E-state index contributed by atoms with van der Waals surface area (Å²) in [5.74, 6) is 0.633. The Hall–Kier alpha value is -2.49. The van der Waals surface area contributed by atoms with Crippen molar-refractivity contribution >= 4 is 27.8 Å². The maximum atomic E-state index is 11.2. The Morgan fingerprint density at radius 3 is 2.71 bits per heavy atom. The summed E-state index contributed by atoms with van der Waals surface area (Å²) in [5.41, 5.74) is 4.42. The highest BCUT2D eigenvalue weighted by Crippen LogP contribution is 2.35. The molecule has 0 bridgehead atoms. The molecule has 0 fully saturated rings. The van der Waals surface area contributed by atoms with Crippen molar-refractivity contribution in [1.82, 2.24) is 4.98 Å². The van der Waals surface area contributed by atoms with E-state index in [9.17, 15) is 4.79 Å². The number of aromatic nitrogens is 1. The average Bonchev–Trinajstić information content (AvgIpc) is 2.89. The summed E-state index contributed by atoms with van der Waals surface area (Å²) in [4.78, 5) is 14.8. The molecule has 0 amide bonds. The van der Waals surface area contributed by atoms with Gasteiger partial charge < -0.3 is 14.5 Å². The van der Waals surface area contributed by atoms with Crippen LogP contribution in [0.15, 0.2) is 30.3 Å². The van der Waals surface area contributed by atoms with Crippen molar-refractivity contribution in [3.63, 3.8) is 0 Å². The number of benzene rings is 2. The van der Waals surface area contributed by atoms with Gasteiger partial charge in [-0.1, -0.05) is 18.2 Å². The molecule has 0 spiro atoms. The first kappa shape index (κ1) is 16.4. The molecule has 0 aliphatic carbocycles. The molecule has 1 atom stereocenters. The molecule has 0 aliphatic rings. The molecule has 0 saturated carbocycles. The van der Waals surface area contributed by atoms with Gasteiger partial charge in [-0.2, -0.15) is 0 Å². The second-order valence-electron chi connectivity index (χ2n) is 6.13. The summed E-state index contributed by atoms with van der Waals surface area (Å²) in [5, 5.41) is 2.32. The van der Waals surface area contributed by atoms with Gasteiger partial charge in [0.05, 0.1) is 12.1 Å². The van der Waals surface area contributed by atoms with E-state index in [4.69, 9.17) is 9.47 Å². The van der Waals surface area contributed by atoms with Gasteiger partial charge in [0.1, 0.15) is 11.9 Å². The van der Waals surface area contributed by atoms with Crippen LogP contribution < -0.4 is 4.74 Å². The summed E-state index contributed by atoms with van der Waals surface area (Å²) >= 11 is 0. The number of ether oxygens (including phenoxy) is 2. The van der Waals surface area contributed by atoms with Gasteiger partial charge in [-0.25, -0.2) is 0 Å². The fourth-order valence-electron chi connectivity index (χ4n) is 3.30. The lowest BCUT2D eigenvalue weighted by molar-refractivity contribution is -0.145. The van der Waals surface area contributed by atoms with Crippen LogP contribution in [0.2, 0.25) is 0 Å². The number of rotatable bonds is 5. The van der Waals surface area contributed by atoms with Crippen LogP contribution in [0.25, 0.3) is 21.8 Å². The van der Waals surface area contributed by atoms with E-state index in [1.54, 1.807) is 0 Å². The normalized spacial score (nSPS) is 12.5. The second kappa shape index (κ2) is 6.56. The lowest BCUT2D eigenvalue weighted by Crippen LogP contribution is -2.16. The van der Waals surface area contributed by atoms with E-state index in [1.807, 2.05) is 26.0 Å². The molecule has 126 valence electrons. The molecule has 4 heteroatoms. The molecule has 2 aromatic carbocycles. The maximum Gasteiger partial charge on any atom is 0.302 e. The Morgan fingerprint density at radius 2 is 2.00 bits per heavy atom.